The highest BCUT2D eigenvalue weighted by Gasteiger charge is 2.13. The molecule has 3 aromatic rings. The normalized spacial score (nSPS) is 11.1. The lowest BCUT2D eigenvalue weighted by Crippen LogP contribution is -2.24. The molecule has 0 radical (unpaired) electrons. The Labute approximate surface area is 175 Å². The summed E-state index contributed by atoms with van der Waals surface area (Å²) in [4.78, 5) is 14.6. The summed E-state index contributed by atoms with van der Waals surface area (Å²) < 4.78 is 24.4. The Balaban J connectivity index is 1.67. The van der Waals surface area contributed by atoms with E-state index in [2.05, 4.69) is 5.32 Å². The molecule has 3 aromatic carbocycles. The van der Waals surface area contributed by atoms with Gasteiger partial charge in [0.15, 0.2) is 0 Å². The highest BCUT2D eigenvalue weighted by atomic mass is 32.2. The van der Waals surface area contributed by atoms with Gasteiger partial charge in [0.25, 0.3) is 0 Å². The van der Waals surface area contributed by atoms with Crippen LogP contribution in [0, 0.1) is 0 Å². The number of nitrogens with one attached hydrogen (secondary N) is 1. The van der Waals surface area contributed by atoms with Crippen LogP contribution in [0.4, 0.5) is 11.4 Å². The third-order valence-corrected chi connectivity index (χ3v) is 6.58. The number of benzene rings is 3. The third kappa shape index (κ3) is 5.85. The molecule has 29 heavy (non-hydrogen) atoms. The molecule has 0 fully saturated rings. The van der Waals surface area contributed by atoms with Gasteiger partial charge in [-0.05, 0) is 42.0 Å². The second-order valence-corrected chi connectivity index (χ2v) is 9.66. The lowest BCUT2D eigenvalue weighted by Gasteiger charge is -2.16. The van der Waals surface area contributed by atoms with Gasteiger partial charge in [-0.1, -0.05) is 54.2 Å². The molecular formula is C22H22N2O3S2. The first-order valence-electron chi connectivity index (χ1n) is 8.97. The first-order chi connectivity index (χ1) is 13.8. The topological polar surface area (TPSA) is 66.5 Å². The minimum Gasteiger partial charge on any atom is -0.325 e. The Hall–Kier alpha value is -2.77. The van der Waals surface area contributed by atoms with Crippen molar-refractivity contribution in [2.24, 2.45) is 0 Å². The summed E-state index contributed by atoms with van der Waals surface area (Å²) in [6.45, 7) is 0. The quantitative estimate of drug-likeness (QED) is 0.608. The molecule has 0 saturated carbocycles. The van der Waals surface area contributed by atoms with E-state index in [-0.39, 0.29) is 12.3 Å². The maximum Gasteiger partial charge on any atom is 0.231 e. The summed E-state index contributed by atoms with van der Waals surface area (Å²) in [7, 11) is -1.81. The standard InChI is InChI=1S/C22H22N2O3S2/c1-24(29(2,26)27)18-14-12-17(13-15-18)16-22(25)23-20-10-6-7-11-21(20)28-19-8-4-3-5-9-19/h3-15H,16H2,1-2H3,(H,23,25). The predicted molar refractivity (Wildman–Crippen MR) is 119 cm³/mol. The molecular weight excluding hydrogens is 404 g/mol. The molecule has 1 amide bonds. The van der Waals surface area contributed by atoms with Crippen LogP contribution >= 0.6 is 11.8 Å². The van der Waals surface area contributed by atoms with Crippen LogP contribution in [-0.2, 0) is 21.2 Å². The number of hydrogen-bond acceptors (Lipinski definition) is 4. The number of carbonyl (C=O) groups is 1. The molecule has 5 nitrogen and oxygen atoms in total. The zero-order valence-electron chi connectivity index (χ0n) is 16.2. The highest BCUT2D eigenvalue weighted by Crippen LogP contribution is 2.33. The Kier molecular flexibility index (Phi) is 6.61. The summed E-state index contributed by atoms with van der Waals surface area (Å²) in [5.41, 5.74) is 2.13. The summed E-state index contributed by atoms with van der Waals surface area (Å²) >= 11 is 1.59. The van der Waals surface area contributed by atoms with Crippen molar-refractivity contribution < 1.29 is 13.2 Å². The first-order valence-corrected chi connectivity index (χ1v) is 11.6. The molecule has 0 heterocycles. The maximum atomic E-state index is 12.5. The van der Waals surface area contributed by atoms with Crippen molar-refractivity contribution in [3.63, 3.8) is 0 Å². The van der Waals surface area contributed by atoms with Crippen LogP contribution in [0.2, 0.25) is 0 Å². The molecule has 0 bridgehead atoms. The van der Waals surface area contributed by atoms with Gasteiger partial charge in [-0.2, -0.15) is 0 Å². The van der Waals surface area contributed by atoms with Gasteiger partial charge >= 0.3 is 0 Å². The number of amides is 1. The average molecular weight is 427 g/mol. The molecule has 0 aliphatic carbocycles. The van der Waals surface area contributed by atoms with E-state index in [1.807, 2.05) is 54.6 Å². The number of para-hydroxylation sites is 1. The average Bonchev–Trinajstić information content (AvgIpc) is 2.69. The van der Waals surface area contributed by atoms with E-state index in [0.29, 0.717) is 5.69 Å². The fourth-order valence-corrected chi connectivity index (χ4v) is 4.10. The van der Waals surface area contributed by atoms with E-state index in [9.17, 15) is 13.2 Å². The second-order valence-electron chi connectivity index (χ2n) is 6.53. The van der Waals surface area contributed by atoms with Crippen molar-refractivity contribution in [1.29, 1.82) is 0 Å². The predicted octanol–water partition coefficient (Wildman–Crippen LogP) is 4.41. The zero-order valence-corrected chi connectivity index (χ0v) is 17.8. The van der Waals surface area contributed by atoms with Crippen LogP contribution in [0.3, 0.4) is 0 Å². The fourth-order valence-electron chi connectivity index (χ4n) is 2.67. The van der Waals surface area contributed by atoms with Gasteiger partial charge in [0.05, 0.1) is 24.1 Å². The number of carbonyl (C=O) groups excluding carboxylic acids is 1. The Morgan fingerprint density at radius 2 is 1.55 bits per heavy atom. The molecule has 3 rings (SSSR count). The number of sulfonamides is 1. The van der Waals surface area contributed by atoms with Crippen molar-refractivity contribution >= 4 is 39.1 Å². The largest absolute Gasteiger partial charge is 0.325 e. The molecule has 0 spiro atoms. The molecule has 0 aliphatic rings. The SMILES string of the molecule is CN(c1ccc(CC(=O)Nc2ccccc2Sc2ccccc2)cc1)S(C)(=O)=O. The van der Waals surface area contributed by atoms with Crippen molar-refractivity contribution in [3.8, 4) is 0 Å². The molecule has 0 atom stereocenters. The number of rotatable bonds is 7. The van der Waals surface area contributed by atoms with E-state index in [0.717, 1.165) is 27.3 Å². The van der Waals surface area contributed by atoms with Crippen molar-refractivity contribution in [2.75, 3.05) is 22.9 Å². The third-order valence-electron chi connectivity index (χ3n) is 4.29. The molecule has 0 aliphatic heterocycles. The van der Waals surface area contributed by atoms with E-state index in [4.69, 9.17) is 0 Å². The summed E-state index contributed by atoms with van der Waals surface area (Å²) in [5, 5.41) is 2.97. The fraction of sp³-hybridized carbons (Fsp3) is 0.136. The summed E-state index contributed by atoms with van der Waals surface area (Å²) in [6.07, 6.45) is 1.35. The van der Waals surface area contributed by atoms with Gasteiger partial charge in [0.1, 0.15) is 0 Å². The van der Waals surface area contributed by atoms with Crippen molar-refractivity contribution in [3.05, 3.63) is 84.4 Å². The van der Waals surface area contributed by atoms with Gasteiger partial charge in [0.2, 0.25) is 15.9 Å². The van der Waals surface area contributed by atoms with Crippen LogP contribution in [0.1, 0.15) is 5.56 Å². The van der Waals surface area contributed by atoms with E-state index < -0.39 is 10.0 Å². The molecule has 7 heteroatoms. The highest BCUT2D eigenvalue weighted by molar-refractivity contribution is 7.99. The van der Waals surface area contributed by atoms with Crippen LogP contribution in [0.5, 0.6) is 0 Å². The van der Waals surface area contributed by atoms with Crippen molar-refractivity contribution in [2.45, 2.75) is 16.2 Å². The maximum absolute atomic E-state index is 12.5. The van der Waals surface area contributed by atoms with Crippen molar-refractivity contribution in [1.82, 2.24) is 0 Å². The van der Waals surface area contributed by atoms with E-state index >= 15 is 0 Å². The van der Waals surface area contributed by atoms with Crippen LogP contribution in [0.25, 0.3) is 0 Å². The summed E-state index contributed by atoms with van der Waals surface area (Å²) in [5.74, 6) is -0.129. The number of nitrogens with zero attached hydrogens (tertiary/aromatic N) is 1. The molecule has 1 N–H and O–H groups in total. The summed E-state index contributed by atoms with van der Waals surface area (Å²) in [6, 6.07) is 24.6. The lowest BCUT2D eigenvalue weighted by molar-refractivity contribution is -0.115. The minimum atomic E-state index is -3.31. The molecule has 0 aromatic heterocycles. The number of anilines is 2. The van der Waals surface area contributed by atoms with Gasteiger partial charge in [-0.15, -0.1) is 0 Å². The van der Waals surface area contributed by atoms with Crippen LogP contribution < -0.4 is 9.62 Å². The Morgan fingerprint density at radius 3 is 2.21 bits per heavy atom. The Bertz CT molecular complexity index is 1080. The van der Waals surface area contributed by atoms with Gasteiger partial charge in [-0.3, -0.25) is 9.10 Å². The first kappa shape index (κ1) is 21.0. The minimum absolute atomic E-state index is 0.129. The molecule has 150 valence electrons. The second kappa shape index (κ2) is 9.15. The van der Waals surface area contributed by atoms with Gasteiger partial charge in [-0.25, -0.2) is 8.42 Å². The lowest BCUT2D eigenvalue weighted by atomic mass is 10.1. The van der Waals surface area contributed by atoms with E-state index in [1.165, 1.54) is 11.4 Å². The zero-order chi connectivity index (χ0) is 20.9. The smallest absolute Gasteiger partial charge is 0.231 e. The van der Waals surface area contributed by atoms with Gasteiger partial charge in [0, 0.05) is 16.8 Å². The van der Waals surface area contributed by atoms with E-state index in [1.54, 1.807) is 36.0 Å². The van der Waals surface area contributed by atoms with Gasteiger partial charge < -0.3 is 5.32 Å². The number of hydrogen-bond donors (Lipinski definition) is 1. The van der Waals surface area contributed by atoms with Crippen LogP contribution in [-0.4, -0.2) is 27.6 Å². The van der Waals surface area contributed by atoms with Crippen LogP contribution in [0.15, 0.2) is 88.7 Å². The monoisotopic (exact) mass is 426 g/mol. The molecule has 0 saturated heterocycles. The Morgan fingerprint density at radius 1 is 0.931 bits per heavy atom. The molecule has 0 unspecified atom stereocenters.